The average molecular weight is 344 g/mol. The van der Waals surface area contributed by atoms with Gasteiger partial charge in [0.05, 0.1) is 5.02 Å². The SMILES string of the molecule is Nc1cc(NC(=O)c2ccc(Cl)c(F)c2)ccc1Br. The smallest absolute Gasteiger partial charge is 0.255 e. The predicted molar refractivity (Wildman–Crippen MR) is 77.9 cm³/mol. The first-order valence-corrected chi connectivity index (χ1v) is 6.46. The quantitative estimate of drug-likeness (QED) is 0.807. The van der Waals surface area contributed by atoms with E-state index in [0.29, 0.717) is 11.4 Å². The van der Waals surface area contributed by atoms with Crippen LogP contribution in [0.3, 0.4) is 0 Å². The van der Waals surface area contributed by atoms with E-state index in [2.05, 4.69) is 21.2 Å². The molecule has 3 nitrogen and oxygen atoms in total. The van der Waals surface area contributed by atoms with Crippen LogP contribution in [0.25, 0.3) is 0 Å². The van der Waals surface area contributed by atoms with Gasteiger partial charge in [-0.25, -0.2) is 4.39 Å². The van der Waals surface area contributed by atoms with Crippen LogP contribution in [0.4, 0.5) is 15.8 Å². The Kier molecular flexibility index (Phi) is 4.07. The van der Waals surface area contributed by atoms with Crippen molar-refractivity contribution in [2.45, 2.75) is 0 Å². The highest BCUT2D eigenvalue weighted by molar-refractivity contribution is 9.10. The molecule has 19 heavy (non-hydrogen) atoms. The van der Waals surface area contributed by atoms with Crippen LogP contribution in [-0.4, -0.2) is 5.91 Å². The number of rotatable bonds is 2. The van der Waals surface area contributed by atoms with E-state index in [9.17, 15) is 9.18 Å². The zero-order chi connectivity index (χ0) is 14.0. The van der Waals surface area contributed by atoms with Gasteiger partial charge >= 0.3 is 0 Å². The van der Waals surface area contributed by atoms with Gasteiger partial charge < -0.3 is 11.1 Å². The van der Waals surface area contributed by atoms with Crippen LogP contribution < -0.4 is 11.1 Å². The first kappa shape index (κ1) is 13.8. The van der Waals surface area contributed by atoms with E-state index in [4.69, 9.17) is 17.3 Å². The molecule has 98 valence electrons. The molecule has 2 aromatic rings. The minimum Gasteiger partial charge on any atom is -0.398 e. The molecular weight excluding hydrogens is 335 g/mol. The van der Waals surface area contributed by atoms with Crippen molar-refractivity contribution in [3.63, 3.8) is 0 Å². The zero-order valence-electron chi connectivity index (χ0n) is 9.58. The lowest BCUT2D eigenvalue weighted by atomic mass is 10.2. The van der Waals surface area contributed by atoms with E-state index in [1.165, 1.54) is 12.1 Å². The molecule has 0 bridgehead atoms. The number of carbonyl (C=O) groups is 1. The number of amides is 1. The van der Waals surface area contributed by atoms with E-state index in [0.717, 1.165) is 10.5 Å². The Labute approximate surface area is 122 Å². The number of nitrogen functional groups attached to an aromatic ring is 1. The minimum absolute atomic E-state index is 0.0237. The van der Waals surface area contributed by atoms with Crippen LogP contribution in [0.5, 0.6) is 0 Å². The Morgan fingerprint density at radius 1 is 1.26 bits per heavy atom. The van der Waals surface area contributed by atoms with Crippen molar-refractivity contribution in [1.82, 2.24) is 0 Å². The van der Waals surface area contributed by atoms with Crippen molar-refractivity contribution in [3.8, 4) is 0 Å². The molecule has 6 heteroatoms. The summed E-state index contributed by atoms with van der Waals surface area (Å²) >= 11 is 8.81. The Bertz CT molecular complexity index is 649. The summed E-state index contributed by atoms with van der Waals surface area (Å²) in [6.45, 7) is 0. The van der Waals surface area contributed by atoms with Gasteiger partial charge in [0.25, 0.3) is 5.91 Å². The maximum absolute atomic E-state index is 13.3. The molecule has 0 spiro atoms. The number of benzene rings is 2. The van der Waals surface area contributed by atoms with E-state index < -0.39 is 11.7 Å². The fourth-order valence-corrected chi connectivity index (χ4v) is 1.83. The molecule has 0 atom stereocenters. The monoisotopic (exact) mass is 342 g/mol. The number of hydrogen-bond acceptors (Lipinski definition) is 2. The second-order valence-corrected chi connectivity index (χ2v) is 5.08. The highest BCUT2D eigenvalue weighted by atomic mass is 79.9. The Morgan fingerprint density at radius 2 is 2.00 bits per heavy atom. The summed E-state index contributed by atoms with van der Waals surface area (Å²) in [6, 6.07) is 8.87. The summed E-state index contributed by atoms with van der Waals surface area (Å²) < 4.78 is 14.0. The van der Waals surface area contributed by atoms with Gasteiger partial charge in [0, 0.05) is 21.4 Å². The standard InChI is InChI=1S/C13H9BrClFN2O/c14-9-3-2-8(6-12(9)17)18-13(19)7-1-4-10(15)11(16)5-7/h1-6H,17H2,(H,18,19). The van der Waals surface area contributed by atoms with E-state index in [1.54, 1.807) is 18.2 Å². The van der Waals surface area contributed by atoms with Gasteiger partial charge in [-0.05, 0) is 52.3 Å². The van der Waals surface area contributed by atoms with Gasteiger partial charge in [-0.3, -0.25) is 4.79 Å². The Balaban J connectivity index is 2.20. The van der Waals surface area contributed by atoms with E-state index >= 15 is 0 Å². The molecule has 0 saturated heterocycles. The molecule has 3 N–H and O–H groups in total. The third kappa shape index (κ3) is 3.24. The second-order valence-electron chi connectivity index (χ2n) is 3.82. The Morgan fingerprint density at radius 3 is 2.63 bits per heavy atom. The second kappa shape index (κ2) is 5.59. The molecule has 0 aromatic heterocycles. The lowest BCUT2D eigenvalue weighted by Gasteiger charge is -2.07. The molecule has 2 rings (SSSR count). The number of anilines is 2. The summed E-state index contributed by atoms with van der Waals surface area (Å²) in [7, 11) is 0. The van der Waals surface area contributed by atoms with Gasteiger partial charge in [0.15, 0.2) is 0 Å². The normalized spacial score (nSPS) is 10.3. The maximum Gasteiger partial charge on any atom is 0.255 e. The van der Waals surface area contributed by atoms with Crippen LogP contribution in [0.1, 0.15) is 10.4 Å². The van der Waals surface area contributed by atoms with Gasteiger partial charge in [-0.2, -0.15) is 0 Å². The van der Waals surface area contributed by atoms with Crippen LogP contribution in [-0.2, 0) is 0 Å². The molecule has 0 aliphatic carbocycles. The summed E-state index contributed by atoms with van der Waals surface area (Å²) in [5, 5.41) is 2.60. The molecule has 0 saturated carbocycles. The number of nitrogens with two attached hydrogens (primary N) is 1. The van der Waals surface area contributed by atoms with Crippen molar-refractivity contribution < 1.29 is 9.18 Å². The van der Waals surface area contributed by atoms with Gasteiger partial charge in [0.2, 0.25) is 0 Å². The first-order chi connectivity index (χ1) is 8.97. The largest absolute Gasteiger partial charge is 0.398 e. The van der Waals surface area contributed by atoms with Crippen molar-refractivity contribution >= 4 is 44.8 Å². The summed E-state index contributed by atoms with van der Waals surface area (Å²) in [4.78, 5) is 11.9. The predicted octanol–water partition coefficient (Wildman–Crippen LogP) is 4.08. The number of halogens is 3. The molecule has 0 heterocycles. The molecule has 0 aliphatic rings. The number of nitrogens with one attached hydrogen (secondary N) is 1. The summed E-state index contributed by atoms with van der Waals surface area (Å²) in [5.74, 6) is -1.07. The Hall–Kier alpha value is -1.59. The lowest BCUT2D eigenvalue weighted by molar-refractivity contribution is 0.102. The average Bonchev–Trinajstić information content (AvgIpc) is 2.37. The van der Waals surface area contributed by atoms with Gasteiger partial charge in [-0.1, -0.05) is 11.6 Å². The highest BCUT2D eigenvalue weighted by Crippen LogP contribution is 2.23. The number of hydrogen-bond donors (Lipinski definition) is 2. The van der Waals surface area contributed by atoms with Crippen LogP contribution in [0.2, 0.25) is 5.02 Å². The van der Waals surface area contributed by atoms with Crippen molar-refractivity contribution in [3.05, 3.63) is 57.3 Å². The van der Waals surface area contributed by atoms with Crippen molar-refractivity contribution in [2.24, 2.45) is 0 Å². The zero-order valence-corrected chi connectivity index (χ0v) is 11.9. The minimum atomic E-state index is -0.635. The molecular formula is C13H9BrClFN2O. The van der Waals surface area contributed by atoms with Gasteiger partial charge in [0.1, 0.15) is 5.82 Å². The van der Waals surface area contributed by atoms with Gasteiger partial charge in [-0.15, -0.1) is 0 Å². The molecule has 1 amide bonds. The molecule has 0 radical (unpaired) electrons. The van der Waals surface area contributed by atoms with Crippen LogP contribution in [0, 0.1) is 5.82 Å². The van der Waals surface area contributed by atoms with Crippen molar-refractivity contribution in [1.29, 1.82) is 0 Å². The topological polar surface area (TPSA) is 55.1 Å². The third-order valence-corrected chi connectivity index (χ3v) is 3.46. The summed E-state index contributed by atoms with van der Waals surface area (Å²) in [6.07, 6.45) is 0. The van der Waals surface area contributed by atoms with Crippen LogP contribution in [0.15, 0.2) is 40.9 Å². The van der Waals surface area contributed by atoms with Crippen LogP contribution >= 0.6 is 27.5 Å². The molecule has 2 aromatic carbocycles. The lowest BCUT2D eigenvalue weighted by Crippen LogP contribution is -2.12. The van der Waals surface area contributed by atoms with Crippen molar-refractivity contribution in [2.75, 3.05) is 11.1 Å². The molecule has 0 unspecified atom stereocenters. The van der Waals surface area contributed by atoms with E-state index in [-0.39, 0.29) is 10.6 Å². The fourth-order valence-electron chi connectivity index (χ4n) is 1.46. The summed E-state index contributed by atoms with van der Waals surface area (Å²) in [5.41, 5.74) is 6.92. The first-order valence-electron chi connectivity index (χ1n) is 5.29. The highest BCUT2D eigenvalue weighted by Gasteiger charge is 2.09. The third-order valence-electron chi connectivity index (χ3n) is 2.44. The molecule has 0 aliphatic heterocycles. The van der Waals surface area contributed by atoms with E-state index in [1.807, 2.05) is 0 Å². The maximum atomic E-state index is 13.3. The molecule has 0 fully saturated rings. The number of carbonyl (C=O) groups excluding carboxylic acids is 1. The fraction of sp³-hybridized carbons (Fsp3) is 0.